The smallest absolute Gasteiger partial charge is 0.331 e. The summed E-state index contributed by atoms with van der Waals surface area (Å²) in [5, 5.41) is 26.0. The second-order valence-corrected chi connectivity index (χ2v) is 4.06. The number of nitrogens with zero attached hydrogens (tertiary/aromatic N) is 2. The number of nitrogens with one attached hydrogen (secondary N) is 1. The van der Waals surface area contributed by atoms with Crippen molar-refractivity contribution >= 4 is 0 Å². The van der Waals surface area contributed by atoms with E-state index in [4.69, 9.17) is 15.3 Å². The zero-order valence-corrected chi connectivity index (χ0v) is 9.41. The molecule has 1 aromatic heterocycles. The average molecular weight is 241 g/mol. The number of rotatable bonds is 2. The Balaban J connectivity index is 2.34. The van der Waals surface area contributed by atoms with E-state index in [-0.39, 0.29) is 24.2 Å². The van der Waals surface area contributed by atoms with Crippen LogP contribution in [0.5, 0.6) is 0 Å². The normalized spacial score (nSPS) is 28.5. The Labute approximate surface area is 97.0 Å². The Morgan fingerprint density at radius 3 is 2.94 bits per heavy atom. The van der Waals surface area contributed by atoms with E-state index < -0.39 is 18.4 Å². The van der Waals surface area contributed by atoms with Crippen LogP contribution in [0.25, 0.3) is 0 Å². The summed E-state index contributed by atoms with van der Waals surface area (Å²) in [6.45, 7) is -0.283. The molecule has 2 rings (SSSR count). The molecule has 0 spiro atoms. The van der Waals surface area contributed by atoms with Crippen molar-refractivity contribution in [3.63, 3.8) is 0 Å². The zero-order valence-electron chi connectivity index (χ0n) is 9.41. The van der Waals surface area contributed by atoms with Gasteiger partial charge in [0.1, 0.15) is 17.8 Å². The van der Waals surface area contributed by atoms with Crippen LogP contribution in [-0.4, -0.2) is 38.2 Å². The minimum absolute atomic E-state index is 0.100. The average Bonchev–Trinajstić information content (AvgIpc) is 2.67. The molecule has 7 heteroatoms. The molecule has 2 heterocycles. The lowest BCUT2D eigenvalue weighted by Gasteiger charge is -2.15. The van der Waals surface area contributed by atoms with Gasteiger partial charge in [-0.15, -0.1) is 0 Å². The third-order valence-electron chi connectivity index (χ3n) is 2.96. The van der Waals surface area contributed by atoms with Gasteiger partial charge in [0, 0.05) is 19.7 Å². The van der Waals surface area contributed by atoms with E-state index in [1.807, 2.05) is 0 Å². The number of hydrogen-bond donors (Lipinski definition) is 3. The van der Waals surface area contributed by atoms with Crippen molar-refractivity contribution in [1.82, 2.24) is 9.13 Å². The molecule has 0 amide bonds. The summed E-state index contributed by atoms with van der Waals surface area (Å²) in [7, 11) is 1.50. The molecule has 0 saturated carbocycles. The summed E-state index contributed by atoms with van der Waals surface area (Å²) in [5.41, 5.74) is -0.281. The van der Waals surface area contributed by atoms with Crippen LogP contribution in [0.1, 0.15) is 12.6 Å². The molecule has 1 saturated heterocycles. The van der Waals surface area contributed by atoms with Crippen molar-refractivity contribution in [2.75, 3.05) is 6.61 Å². The van der Waals surface area contributed by atoms with Crippen LogP contribution in [0.4, 0.5) is 0 Å². The van der Waals surface area contributed by atoms with Gasteiger partial charge in [0.05, 0.1) is 12.7 Å². The Bertz CT molecular complexity index is 521. The highest BCUT2D eigenvalue weighted by Crippen LogP contribution is 2.26. The molecule has 0 bridgehead atoms. The van der Waals surface area contributed by atoms with E-state index in [1.54, 1.807) is 0 Å². The minimum Gasteiger partial charge on any atom is -0.394 e. The van der Waals surface area contributed by atoms with Crippen molar-refractivity contribution in [2.45, 2.75) is 24.9 Å². The molecule has 1 fully saturated rings. The van der Waals surface area contributed by atoms with Crippen molar-refractivity contribution in [2.24, 2.45) is 7.05 Å². The highest BCUT2D eigenvalue weighted by atomic mass is 16.5. The van der Waals surface area contributed by atoms with Crippen molar-refractivity contribution in [3.05, 3.63) is 28.2 Å². The fourth-order valence-electron chi connectivity index (χ4n) is 1.87. The van der Waals surface area contributed by atoms with E-state index in [2.05, 4.69) is 0 Å². The molecule has 1 aliphatic heterocycles. The summed E-state index contributed by atoms with van der Waals surface area (Å²) in [4.78, 5) is 11.9. The lowest BCUT2D eigenvalue weighted by atomic mass is 10.2. The number of ether oxygens (including phenoxy) is 1. The maximum absolute atomic E-state index is 11.9. The van der Waals surface area contributed by atoms with Crippen molar-refractivity contribution < 1.29 is 14.9 Å². The molecule has 0 radical (unpaired) electrons. The Hall–Kier alpha value is -1.44. The maximum Gasteiger partial charge on any atom is 0.331 e. The van der Waals surface area contributed by atoms with Crippen LogP contribution < -0.4 is 11.2 Å². The van der Waals surface area contributed by atoms with Gasteiger partial charge in [-0.25, -0.2) is 4.79 Å². The fourth-order valence-corrected chi connectivity index (χ4v) is 1.87. The summed E-state index contributed by atoms with van der Waals surface area (Å²) in [6.07, 6.45) is -0.322. The van der Waals surface area contributed by atoms with Gasteiger partial charge in [-0.2, -0.15) is 0 Å². The van der Waals surface area contributed by atoms with E-state index in [0.717, 1.165) is 0 Å². The van der Waals surface area contributed by atoms with Gasteiger partial charge in [0.15, 0.2) is 0 Å². The summed E-state index contributed by atoms with van der Waals surface area (Å²) < 4.78 is 7.87. The standard InChI is InChI=1S/C10H15N3O4/c1-12-8(11)2-3-13(10(12)16)9-4-6(15)7(5-14)17-9/h2-3,6-7,9,11,14-15H,4-5H2,1H3/t6-,7?,9-/m1/s1. The molecule has 0 aromatic carbocycles. The van der Waals surface area contributed by atoms with Gasteiger partial charge in [-0.1, -0.05) is 0 Å². The van der Waals surface area contributed by atoms with Gasteiger partial charge in [0.2, 0.25) is 0 Å². The van der Waals surface area contributed by atoms with Crippen LogP contribution in [0, 0.1) is 5.41 Å². The molecular formula is C10H15N3O4. The number of aromatic nitrogens is 2. The molecule has 3 N–H and O–H groups in total. The Morgan fingerprint density at radius 2 is 2.35 bits per heavy atom. The molecule has 1 aromatic rings. The highest BCUT2D eigenvalue weighted by molar-refractivity contribution is 4.88. The quantitative estimate of drug-likeness (QED) is 0.575. The van der Waals surface area contributed by atoms with E-state index in [1.165, 1.54) is 28.4 Å². The van der Waals surface area contributed by atoms with Crippen LogP contribution >= 0.6 is 0 Å². The van der Waals surface area contributed by atoms with Gasteiger partial charge in [-0.3, -0.25) is 14.5 Å². The van der Waals surface area contributed by atoms with Gasteiger partial charge < -0.3 is 14.9 Å². The molecule has 7 nitrogen and oxygen atoms in total. The van der Waals surface area contributed by atoms with Crippen LogP contribution in [-0.2, 0) is 11.8 Å². The molecule has 1 aliphatic rings. The number of aliphatic hydroxyl groups is 2. The number of aliphatic hydroxyl groups excluding tert-OH is 2. The van der Waals surface area contributed by atoms with E-state index in [9.17, 15) is 9.90 Å². The van der Waals surface area contributed by atoms with Gasteiger partial charge >= 0.3 is 5.69 Å². The molecule has 3 atom stereocenters. The predicted octanol–water partition coefficient (Wildman–Crippen LogP) is -1.69. The first-order chi connectivity index (χ1) is 8.04. The Kier molecular flexibility index (Phi) is 3.14. The third-order valence-corrected chi connectivity index (χ3v) is 2.96. The van der Waals surface area contributed by atoms with E-state index >= 15 is 0 Å². The van der Waals surface area contributed by atoms with Crippen LogP contribution in [0.2, 0.25) is 0 Å². The highest BCUT2D eigenvalue weighted by Gasteiger charge is 2.34. The summed E-state index contributed by atoms with van der Waals surface area (Å²) in [5.74, 6) is 0. The second-order valence-electron chi connectivity index (χ2n) is 4.06. The van der Waals surface area contributed by atoms with Gasteiger partial charge in [-0.05, 0) is 6.07 Å². The molecule has 1 unspecified atom stereocenters. The molecule has 94 valence electrons. The SMILES string of the molecule is Cn1c(=N)ccn([C@H]2C[C@@H](O)C(CO)O2)c1=O. The van der Waals surface area contributed by atoms with Gasteiger partial charge in [0.25, 0.3) is 0 Å². The van der Waals surface area contributed by atoms with Crippen molar-refractivity contribution in [3.8, 4) is 0 Å². The summed E-state index contributed by atoms with van der Waals surface area (Å²) in [6, 6.07) is 1.48. The minimum atomic E-state index is -0.780. The first-order valence-electron chi connectivity index (χ1n) is 5.31. The Morgan fingerprint density at radius 1 is 1.65 bits per heavy atom. The third kappa shape index (κ3) is 2.04. The lowest BCUT2D eigenvalue weighted by Crippen LogP contribution is -2.38. The topological polar surface area (TPSA) is 100 Å². The largest absolute Gasteiger partial charge is 0.394 e. The zero-order chi connectivity index (χ0) is 12.6. The predicted molar refractivity (Wildman–Crippen MR) is 57.1 cm³/mol. The number of hydrogen-bond acceptors (Lipinski definition) is 5. The van der Waals surface area contributed by atoms with Crippen LogP contribution in [0.3, 0.4) is 0 Å². The monoisotopic (exact) mass is 241 g/mol. The first kappa shape index (κ1) is 12.0. The van der Waals surface area contributed by atoms with Crippen LogP contribution in [0.15, 0.2) is 17.1 Å². The maximum atomic E-state index is 11.9. The summed E-state index contributed by atoms with van der Waals surface area (Å²) >= 11 is 0. The fraction of sp³-hybridized carbons (Fsp3) is 0.600. The molecule has 17 heavy (non-hydrogen) atoms. The lowest BCUT2D eigenvalue weighted by molar-refractivity contribution is -0.0462. The molecular weight excluding hydrogens is 226 g/mol. The second kappa shape index (κ2) is 4.44. The van der Waals surface area contributed by atoms with E-state index in [0.29, 0.717) is 0 Å². The molecule has 0 aliphatic carbocycles. The first-order valence-corrected chi connectivity index (χ1v) is 5.31. The van der Waals surface area contributed by atoms with Crippen molar-refractivity contribution in [1.29, 1.82) is 5.41 Å².